The summed E-state index contributed by atoms with van der Waals surface area (Å²) in [4.78, 5) is 12.9. The summed E-state index contributed by atoms with van der Waals surface area (Å²) < 4.78 is 0. The number of piperidine rings is 1. The number of hydrogen-bond acceptors (Lipinski definition) is 2. The van der Waals surface area contributed by atoms with Crippen LogP contribution < -0.4 is 5.73 Å². The van der Waals surface area contributed by atoms with Crippen molar-refractivity contribution in [2.45, 2.75) is 33.2 Å². The third kappa shape index (κ3) is 1.78. The Morgan fingerprint density at radius 2 is 2.17 bits per heavy atom. The standard InChI is InChI=1S/C9H18N2O/c1-7(12)11-5-4-9(2,3)8(10)6-11/h8H,4-6,10H2,1-3H3. The zero-order valence-corrected chi connectivity index (χ0v) is 8.13. The number of rotatable bonds is 0. The van der Waals surface area contributed by atoms with Crippen LogP contribution in [-0.2, 0) is 4.79 Å². The van der Waals surface area contributed by atoms with E-state index in [1.807, 2.05) is 4.90 Å². The van der Waals surface area contributed by atoms with Crippen LogP contribution in [-0.4, -0.2) is 29.9 Å². The van der Waals surface area contributed by atoms with E-state index in [0.29, 0.717) is 6.54 Å². The largest absolute Gasteiger partial charge is 0.341 e. The molecule has 1 rings (SSSR count). The molecule has 2 N–H and O–H groups in total. The van der Waals surface area contributed by atoms with E-state index in [4.69, 9.17) is 5.73 Å². The topological polar surface area (TPSA) is 46.3 Å². The van der Waals surface area contributed by atoms with Crippen molar-refractivity contribution >= 4 is 5.91 Å². The molecule has 1 aliphatic heterocycles. The Morgan fingerprint density at radius 1 is 1.58 bits per heavy atom. The predicted octanol–water partition coefficient (Wildman–Crippen LogP) is 0.592. The van der Waals surface area contributed by atoms with Gasteiger partial charge in [0, 0.05) is 26.1 Å². The second-order valence-electron chi connectivity index (χ2n) is 4.31. The molecule has 1 heterocycles. The molecule has 0 aliphatic carbocycles. The number of carbonyl (C=O) groups is 1. The van der Waals surface area contributed by atoms with E-state index in [9.17, 15) is 4.79 Å². The summed E-state index contributed by atoms with van der Waals surface area (Å²) in [5.74, 6) is 0.140. The maximum atomic E-state index is 11.0. The lowest BCUT2D eigenvalue weighted by atomic mass is 9.78. The normalized spacial score (nSPS) is 28.7. The Balaban J connectivity index is 2.58. The van der Waals surface area contributed by atoms with E-state index < -0.39 is 0 Å². The van der Waals surface area contributed by atoms with Gasteiger partial charge in [0.05, 0.1) is 0 Å². The van der Waals surface area contributed by atoms with Gasteiger partial charge in [-0.15, -0.1) is 0 Å². The summed E-state index contributed by atoms with van der Waals surface area (Å²) in [6, 6.07) is 0.121. The van der Waals surface area contributed by atoms with E-state index >= 15 is 0 Å². The van der Waals surface area contributed by atoms with Crippen molar-refractivity contribution in [2.75, 3.05) is 13.1 Å². The van der Waals surface area contributed by atoms with Crippen molar-refractivity contribution in [3.8, 4) is 0 Å². The molecule has 1 amide bonds. The van der Waals surface area contributed by atoms with Crippen LogP contribution in [0.3, 0.4) is 0 Å². The van der Waals surface area contributed by atoms with Gasteiger partial charge in [-0.2, -0.15) is 0 Å². The fourth-order valence-corrected chi connectivity index (χ4v) is 1.47. The Hall–Kier alpha value is -0.570. The van der Waals surface area contributed by atoms with Gasteiger partial charge in [0.1, 0.15) is 0 Å². The van der Waals surface area contributed by atoms with Gasteiger partial charge in [-0.1, -0.05) is 13.8 Å². The number of carbonyl (C=O) groups excluding carboxylic acids is 1. The lowest BCUT2D eigenvalue weighted by molar-refractivity contribution is -0.131. The highest BCUT2D eigenvalue weighted by atomic mass is 16.2. The van der Waals surface area contributed by atoms with Gasteiger partial charge in [0.25, 0.3) is 0 Å². The highest BCUT2D eigenvalue weighted by Gasteiger charge is 2.33. The number of nitrogens with two attached hydrogens (primary N) is 1. The molecule has 1 saturated heterocycles. The maximum absolute atomic E-state index is 11.0. The van der Waals surface area contributed by atoms with Crippen molar-refractivity contribution < 1.29 is 4.79 Å². The summed E-state index contributed by atoms with van der Waals surface area (Å²) in [6.45, 7) is 7.49. The van der Waals surface area contributed by atoms with E-state index in [0.717, 1.165) is 13.0 Å². The third-order valence-electron chi connectivity index (χ3n) is 2.89. The van der Waals surface area contributed by atoms with Crippen molar-refractivity contribution in [3.63, 3.8) is 0 Å². The molecule has 1 atom stereocenters. The first-order chi connectivity index (χ1) is 5.43. The van der Waals surface area contributed by atoms with Gasteiger partial charge in [-0.05, 0) is 11.8 Å². The SMILES string of the molecule is CC(=O)N1CCC(C)(C)C(N)C1. The van der Waals surface area contributed by atoms with Crippen LogP contribution in [0.15, 0.2) is 0 Å². The zero-order valence-electron chi connectivity index (χ0n) is 8.13. The molecule has 0 radical (unpaired) electrons. The molecule has 1 aliphatic rings. The molecule has 1 fully saturated rings. The second kappa shape index (κ2) is 3.05. The Bertz CT molecular complexity index is 189. The van der Waals surface area contributed by atoms with E-state index in [1.165, 1.54) is 0 Å². The molecule has 0 aromatic rings. The first kappa shape index (κ1) is 9.52. The molecule has 3 nitrogen and oxygen atoms in total. The predicted molar refractivity (Wildman–Crippen MR) is 48.6 cm³/mol. The molecule has 3 heteroatoms. The average molecular weight is 170 g/mol. The van der Waals surface area contributed by atoms with Crippen molar-refractivity contribution in [1.82, 2.24) is 4.90 Å². The smallest absolute Gasteiger partial charge is 0.219 e. The minimum absolute atomic E-state index is 0.121. The molecular formula is C9H18N2O. The van der Waals surface area contributed by atoms with Crippen molar-refractivity contribution in [1.29, 1.82) is 0 Å². The Labute approximate surface area is 73.9 Å². The van der Waals surface area contributed by atoms with E-state index in [1.54, 1.807) is 6.92 Å². The zero-order chi connectivity index (χ0) is 9.35. The summed E-state index contributed by atoms with van der Waals surface area (Å²) >= 11 is 0. The summed E-state index contributed by atoms with van der Waals surface area (Å²) in [6.07, 6.45) is 1.01. The summed E-state index contributed by atoms with van der Waals surface area (Å²) in [7, 11) is 0. The van der Waals surface area contributed by atoms with Crippen LogP contribution in [0.5, 0.6) is 0 Å². The van der Waals surface area contributed by atoms with Crippen LogP contribution in [0.1, 0.15) is 27.2 Å². The monoisotopic (exact) mass is 170 g/mol. The number of amides is 1. The average Bonchev–Trinajstić information content (AvgIpc) is 1.94. The fraction of sp³-hybridized carbons (Fsp3) is 0.889. The number of hydrogen-bond donors (Lipinski definition) is 1. The quantitative estimate of drug-likeness (QED) is 0.578. The van der Waals surface area contributed by atoms with Crippen LogP contribution in [0, 0.1) is 5.41 Å². The lowest BCUT2D eigenvalue weighted by Gasteiger charge is -2.41. The van der Waals surface area contributed by atoms with Gasteiger partial charge in [0.2, 0.25) is 5.91 Å². The first-order valence-electron chi connectivity index (χ1n) is 4.44. The second-order valence-corrected chi connectivity index (χ2v) is 4.31. The van der Waals surface area contributed by atoms with Gasteiger partial charge >= 0.3 is 0 Å². The van der Waals surface area contributed by atoms with Gasteiger partial charge in [-0.3, -0.25) is 4.79 Å². The minimum Gasteiger partial charge on any atom is -0.341 e. The molecule has 0 spiro atoms. The van der Waals surface area contributed by atoms with Crippen molar-refractivity contribution in [2.24, 2.45) is 11.1 Å². The number of likely N-dealkylation sites (tertiary alicyclic amines) is 1. The van der Waals surface area contributed by atoms with Gasteiger partial charge in [0.15, 0.2) is 0 Å². The van der Waals surface area contributed by atoms with Crippen molar-refractivity contribution in [3.05, 3.63) is 0 Å². The minimum atomic E-state index is 0.121. The van der Waals surface area contributed by atoms with Crippen LogP contribution in [0.25, 0.3) is 0 Å². The molecule has 12 heavy (non-hydrogen) atoms. The first-order valence-corrected chi connectivity index (χ1v) is 4.44. The van der Waals surface area contributed by atoms with Gasteiger partial charge in [-0.25, -0.2) is 0 Å². The molecule has 0 bridgehead atoms. The van der Waals surface area contributed by atoms with E-state index in [2.05, 4.69) is 13.8 Å². The Morgan fingerprint density at radius 3 is 2.58 bits per heavy atom. The van der Waals surface area contributed by atoms with Crippen LogP contribution in [0.2, 0.25) is 0 Å². The molecule has 1 unspecified atom stereocenters. The summed E-state index contributed by atoms with van der Waals surface area (Å²) in [5.41, 5.74) is 6.13. The van der Waals surface area contributed by atoms with Gasteiger partial charge < -0.3 is 10.6 Å². The molecule has 0 saturated carbocycles. The molecular weight excluding hydrogens is 152 g/mol. The fourth-order valence-electron chi connectivity index (χ4n) is 1.47. The molecule has 0 aromatic carbocycles. The molecule has 0 aromatic heterocycles. The lowest BCUT2D eigenvalue weighted by Crippen LogP contribution is -2.53. The third-order valence-corrected chi connectivity index (χ3v) is 2.89. The van der Waals surface area contributed by atoms with E-state index in [-0.39, 0.29) is 17.4 Å². The number of nitrogens with zero attached hydrogens (tertiary/aromatic N) is 1. The highest BCUT2D eigenvalue weighted by Crippen LogP contribution is 2.28. The maximum Gasteiger partial charge on any atom is 0.219 e. The molecule has 70 valence electrons. The van der Waals surface area contributed by atoms with Crippen LogP contribution in [0.4, 0.5) is 0 Å². The summed E-state index contributed by atoms with van der Waals surface area (Å²) in [5, 5.41) is 0. The highest BCUT2D eigenvalue weighted by molar-refractivity contribution is 5.73. The van der Waals surface area contributed by atoms with Crippen LogP contribution >= 0.6 is 0 Å². The Kier molecular flexibility index (Phi) is 2.42.